The van der Waals surface area contributed by atoms with Gasteiger partial charge in [-0.3, -0.25) is 4.79 Å². The summed E-state index contributed by atoms with van der Waals surface area (Å²) in [7, 11) is 1.52. The highest BCUT2D eigenvalue weighted by Crippen LogP contribution is 2.42. The Morgan fingerprint density at radius 2 is 2.17 bits per heavy atom. The Hall–Kier alpha value is -2.70. The van der Waals surface area contributed by atoms with Gasteiger partial charge in [-0.05, 0) is 6.07 Å². The van der Waals surface area contributed by atoms with Crippen LogP contribution in [0.2, 0.25) is 0 Å². The predicted molar refractivity (Wildman–Crippen MR) is 88.3 cm³/mol. The molecule has 1 aromatic rings. The fraction of sp³-hybridized carbons (Fsp3) is 0.235. The maximum Gasteiger partial charge on any atom is 0.243 e. The summed E-state index contributed by atoms with van der Waals surface area (Å²) >= 11 is 1.32. The first-order chi connectivity index (χ1) is 11.2. The zero-order chi connectivity index (χ0) is 16.8. The molecule has 6 heteroatoms. The van der Waals surface area contributed by atoms with Crippen LogP contribution in [0.25, 0.3) is 0 Å². The molecule has 0 radical (unpaired) electrons. The van der Waals surface area contributed by atoms with E-state index in [0.717, 1.165) is 0 Å². The number of methoxy groups -OCH3 is 1. The van der Waals surface area contributed by atoms with Crippen molar-refractivity contribution in [3.63, 3.8) is 0 Å². The summed E-state index contributed by atoms with van der Waals surface area (Å²) in [6.45, 7) is 3.64. The molecule has 0 aromatic heterocycles. The number of ether oxygens (including phenoxy) is 1. The highest BCUT2D eigenvalue weighted by molar-refractivity contribution is 8.03. The summed E-state index contributed by atoms with van der Waals surface area (Å²) in [5, 5.41) is 22.2. The maximum atomic E-state index is 12.3. The third-order valence-corrected chi connectivity index (χ3v) is 4.50. The third kappa shape index (κ3) is 3.23. The quantitative estimate of drug-likeness (QED) is 0.841. The number of hydrogen-bond acceptors (Lipinski definition) is 5. The number of thioether (sulfide) groups is 1. The summed E-state index contributed by atoms with van der Waals surface area (Å²) in [4.78, 5) is 12.3. The number of hydrogen-bond donors (Lipinski definition) is 1. The Labute approximate surface area is 139 Å². The van der Waals surface area contributed by atoms with Gasteiger partial charge in [0.15, 0.2) is 0 Å². The van der Waals surface area contributed by atoms with Crippen LogP contribution in [0.1, 0.15) is 11.5 Å². The van der Waals surface area contributed by atoms with Crippen molar-refractivity contribution in [1.29, 1.82) is 10.5 Å². The van der Waals surface area contributed by atoms with Crippen LogP contribution < -0.4 is 10.1 Å². The summed E-state index contributed by atoms with van der Waals surface area (Å²) in [5.41, 5.74) is 1.03. The Bertz CT molecular complexity index is 743. The van der Waals surface area contributed by atoms with E-state index in [2.05, 4.69) is 18.0 Å². The number of carbonyl (C=O) groups is 1. The van der Waals surface area contributed by atoms with E-state index in [9.17, 15) is 15.3 Å². The average Bonchev–Trinajstić information content (AvgIpc) is 2.59. The Balaban J connectivity index is 2.63. The molecular weight excluding hydrogens is 310 g/mol. The lowest BCUT2D eigenvalue weighted by Gasteiger charge is -2.29. The summed E-state index contributed by atoms with van der Waals surface area (Å²) < 4.78 is 5.34. The number of allylic oxidation sites excluding steroid dienone is 1. The molecule has 116 valence electrons. The van der Waals surface area contributed by atoms with Gasteiger partial charge < -0.3 is 10.1 Å². The Kier molecular flexibility index (Phi) is 5.46. The van der Waals surface area contributed by atoms with Crippen molar-refractivity contribution in [2.24, 2.45) is 5.92 Å². The van der Waals surface area contributed by atoms with Gasteiger partial charge in [-0.25, -0.2) is 0 Å². The number of nitrogens with zero attached hydrogens (tertiary/aromatic N) is 2. The van der Waals surface area contributed by atoms with Gasteiger partial charge in [-0.2, -0.15) is 10.5 Å². The molecule has 1 heterocycles. The molecule has 0 saturated heterocycles. The molecule has 2 atom stereocenters. The molecule has 1 aliphatic rings. The van der Waals surface area contributed by atoms with Crippen molar-refractivity contribution < 1.29 is 9.53 Å². The number of nitrogens with one attached hydrogen (secondary N) is 1. The van der Waals surface area contributed by atoms with E-state index in [1.165, 1.54) is 18.9 Å². The number of carbonyl (C=O) groups excluding carboxylic acids is 1. The summed E-state index contributed by atoms with van der Waals surface area (Å²) in [6, 6.07) is 11.3. The minimum atomic E-state index is -0.978. The zero-order valence-corrected chi connectivity index (χ0v) is 13.4. The molecular formula is C17H15N3O2S. The standard InChI is InChI=1S/C17H15N3O2S/c1-3-8-23-17-13(10-19)15(12(9-18)16(21)20-17)11-6-4-5-7-14(11)22-2/h3-7,12,15H,1,8H2,2H3,(H,20,21)/t12-,15+/m1/s1. The number of para-hydroxylation sites is 1. The third-order valence-electron chi connectivity index (χ3n) is 3.49. The van der Waals surface area contributed by atoms with E-state index in [1.807, 2.05) is 6.07 Å². The molecule has 1 amide bonds. The van der Waals surface area contributed by atoms with Crippen LogP contribution in [-0.4, -0.2) is 18.8 Å². The van der Waals surface area contributed by atoms with Crippen molar-refractivity contribution >= 4 is 17.7 Å². The van der Waals surface area contributed by atoms with Crippen LogP contribution in [0, 0.1) is 28.6 Å². The van der Waals surface area contributed by atoms with E-state index < -0.39 is 17.7 Å². The fourth-order valence-electron chi connectivity index (χ4n) is 2.48. The second kappa shape index (κ2) is 7.53. The highest BCUT2D eigenvalue weighted by Gasteiger charge is 2.40. The van der Waals surface area contributed by atoms with Crippen LogP contribution in [0.3, 0.4) is 0 Å². The zero-order valence-electron chi connectivity index (χ0n) is 12.6. The molecule has 0 unspecified atom stereocenters. The molecule has 0 spiro atoms. The van der Waals surface area contributed by atoms with Crippen molar-refractivity contribution in [2.45, 2.75) is 5.92 Å². The Morgan fingerprint density at radius 1 is 1.43 bits per heavy atom. The first-order valence-electron chi connectivity index (χ1n) is 6.89. The lowest BCUT2D eigenvalue weighted by atomic mass is 9.79. The van der Waals surface area contributed by atoms with E-state index in [0.29, 0.717) is 27.7 Å². The van der Waals surface area contributed by atoms with Gasteiger partial charge in [0.2, 0.25) is 5.91 Å². The molecule has 0 fully saturated rings. The normalized spacial score (nSPS) is 20.2. The van der Waals surface area contributed by atoms with Crippen molar-refractivity contribution in [3.8, 4) is 17.9 Å². The fourth-order valence-corrected chi connectivity index (χ4v) is 3.27. The largest absolute Gasteiger partial charge is 0.496 e. The van der Waals surface area contributed by atoms with Crippen LogP contribution in [-0.2, 0) is 4.79 Å². The van der Waals surface area contributed by atoms with Crippen LogP contribution in [0.4, 0.5) is 0 Å². The Morgan fingerprint density at radius 3 is 2.78 bits per heavy atom. The minimum absolute atomic E-state index is 0.368. The lowest BCUT2D eigenvalue weighted by molar-refractivity contribution is -0.123. The van der Waals surface area contributed by atoms with Gasteiger partial charge in [0.25, 0.3) is 0 Å². The highest BCUT2D eigenvalue weighted by atomic mass is 32.2. The van der Waals surface area contributed by atoms with Gasteiger partial charge in [-0.15, -0.1) is 18.3 Å². The molecule has 0 bridgehead atoms. The van der Waals surface area contributed by atoms with Gasteiger partial charge in [0, 0.05) is 11.3 Å². The van der Waals surface area contributed by atoms with E-state index in [-0.39, 0.29) is 0 Å². The molecule has 5 nitrogen and oxygen atoms in total. The lowest BCUT2D eigenvalue weighted by Crippen LogP contribution is -2.39. The first kappa shape index (κ1) is 16.7. The van der Waals surface area contributed by atoms with Gasteiger partial charge in [0.05, 0.1) is 35.8 Å². The SMILES string of the molecule is C=CCSC1=C(C#N)[C@@H](c2ccccc2OC)[C@@H](C#N)C(=O)N1. The average molecular weight is 325 g/mol. The monoisotopic (exact) mass is 325 g/mol. The minimum Gasteiger partial charge on any atom is -0.496 e. The number of benzene rings is 1. The molecule has 1 aromatic carbocycles. The van der Waals surface area contributed by atoms with Crippen LogP contribution >= 0.6 is 11.8 Å². The molecule has 2 rings (SSSR count). The predicted octanol–water partition coefficient (Wildman–Crippen LogP) is 2.70. The van der Waals surface area contributed by atoms with E-state index in [4.69, 9.17) is 4.74 Å². The molecule has 1 aliphatic heterocycles. The first-order valence-corrected chi connectivity index (χ1v) is 7.87. The topological polar surface area (TPSA) is 85.9 Å². The summed E-state index contributed by atoms with van der Waals surface area (Å²) in [6.07, 6.45) is 1.69. The number of nitriles is 2. The summed E-state index contributed by atoms with van der Waals surface area (Å²) in [5.74, 6) is -0.935. The number of rotatable bonds is 5. The van der Waals surface area contributed by atoms with E-state index >= 15 is 0 Å². The number of amides is 1. The van der Waals surface area contributed by atoms with Crippen LogP contribution in [0.15, 0.2) is 47.5 Å². The van der Waals surface area contributed by atoms with Gasteiger partial charge >= 0.3 is 0 Å². The van der Waals surface area contributed by atoms with Crippen molar-refractivity contribution in [1.82, 2.24) is 5.32 Å². The van der Waals surface area contributed by atoms with Gasteiger partial charge in [0.1, 0.15) is 11.7 Å². The molecule has 0 saturated carbocycles. The second-order valence-electron chi connectivity index (χ2n) is 4.77. The molecule has 23 heavy (non-hydrogen) atoms. The molecule has 0 aliphatic carbocycles. The maximum absolute atomic E-state index is 12.3. The van der Waals surface area contributed by atoms with Crippen LogP contribution in [0.5, 0.6) is 5.75 Å². The van der Waals surface area contributed by atoms with Gasteiger partial charge in [-0.1, -0.05) is 24.3 Å². The van der Waals surface area contributed by atoms with Crippen molar-refractivity contribution in [2.75, 3.05) is 12.9 Å². The second-order valence-corrected chi connectivity index (χ2v) is 5.80. The smallest absolute Gasteiger partial charge is 0.243 e. The van der Waals surface area contributed by atoms with Crippen molar-refractivity contribution in [3.05, 3.63) is 53.1 Å². The van der Waals surface area contributed by atoms with E-state index in [1.54, 1.807) is 30.3 Å². The molecule has 1 N–H and O–H groups in total.